The molecular weight excluding hydrogens is 416 g/mol. The molecule has 188 valence electrons. The summed E-state index contributed by atoms with van der Waals surface area (Å²) in [5.74, 6) is 0.747. The predicted octanol–water partition coefficient (Wildman–Crippen LogP) is 6.64. The number of carbonyl (C=O) groups is 1. The molecule has 2 unspecified atom stereocenters. The number of rotatable bonds is 13. The van der Waals surface area contributed by atoms with E-state index in [9.17, 15) is 9.90 Å². The van der Waals surface area contributed by atoms with E-state index >= 15 is 0 Å². The van der Waals surface area contributed by atoms with E-state index in [4.69, 9.17) is 14.2 Å². The van der Waals surface area contributed by atoms with Crippen LogP contribution >= 0.6 is 0 Å². The van der Waals surface area contributed by atoms with Crippen molar-refractivity contribution in [1.82, 2.24) is 0 Å². The Bertz CT molecular complexity index is 724. The Hall–Kier alpha value is -1.85. The van der Waals surface area contributed by atoms with Crippen molar-refractivity contribution < 1.29 is 24.1 Å². The molecule has 1 N–H and O–H groups in total. The quantitative estimate of drug-likeness (QED) is 0.202. The lowest BCUT2D eigenvalue weighted by Crippen LogP contribution is -2.44. The van der Waals surface area contributed by atoms with Gasteiger partial charge in [0.15, 0.2) is 6.29 Å². The first kappa shape index (κ1) is 29.2. The van der Waals surface area contributed by atoms with Crippen LogP contribution in [0.4, 0.5) is 0 Å². The average Bonchev–Trinajstić information content (AvgIpc) is 2.72. The third-order valence-corrected chi connectivity index (χ3v) is 6.11. The number of hydrogen-bond acceptors (Lipinski definition) is 5. The zero-order valence-corrected chi connectivity index (χ0v) is 22.1. The molecule has 1 rings (SSSR count). The van der Waals surface area contributed by atoms with Gasteiger partial charge in [0.05, 0.1) is 18.6 Å². The van der Waals surface area contributed by atoms with Crippen molar-refractivity contribution in [2.75, 3.05) is 20.3 Å². The number of hydrogen-bond donors (Lipinski definition) is 1. The monoisotopic (exact) mass is 462 g/mol. The van der Waals surface area contributed by atoms with Crippen LogP contribution in [0.25, 0.3) is 6.08 Å². The number of ether oxygens (including phenoxy) is 3. The van der Waals surface area contributed by atoms with E-state index in [1.54, 1.807) is 12.2 Å². The summed E-state index contributed by atoms with van der Waals surface area (Å²) in [4.78, 5) is 12.9. The first-order valence-electron chi connectivity index (χ1n) is 12.1. The van der Waals surface area contributed by atoms with Gasteiger partial charge in [0, 0.05) is 7.11 Å². The highest BCUT2D eigenvalue weighted by Gasteiger charge is 2.47. The zero-order chi connectivity index (χ0) is 25.1. The Balaban J connectivity index is 2.28. The SMILES string of the molecule is COC(O)/C=C/c1ccc(OCCCCCCOC(=O)C(C)(CC(C)(C)C)C(C)(C)C)cc1. The zero-order valence-electron chi connectivity index (χ0n) is 22.1. The van der Waals surface area contributed by atoms with Crippen LogP contribution in [-0.4, -0.2) is 37.7 Å². The molecule has 0 saturated heterocycles. The molecule has 0 amide bonds. The second-order valence-electron chi connectivity index (χ2n) is 11.3. The van der Waals surface area contributed by atoms with E-state index < -0.39 is 11.7 Å². The number of carbonyl (C=O) groups excluding carboxylic acids is 1. The molecule has 0 heterocycles. The second kappa shape index (κ2) is 13.1. The van der Waals surface area contributed by atoms with Crippen LogP contribution in [0.5, 0.6) is 5.75 Å². The van der Waals surface area contributed by atoms with E-state index in [0.29, 0.717) is 13.2 Å². The Labute approximate surface area is 201 Å². The molecule has 0 radical (unpaired) electrons. The van der Waals surface area contributed by atoms with Gasteiger partial charge < -0.3 is 19.3 Å². The van der Waals surface area contributed by atoms with Gasteiger partial charge in [-0.15, -0.1) is 0 Å². The second-order valence-corrected chi connectivity index (χ2v) is 11.3. The van der Waals surface area contributed by atoms with E-state index in [-0.39, 0.29) is 16.8 Å². The molecule has 0 aliphatic carbocycles. The Kier molecular flexibility index (Phi) is 11.6. The summed E-state index contributed by atoms with van der Waals surface area (Å²) >= 11 is 0. The van der Waals surface area contributed by atoms with Crippen molar-refractivity contribution in [2.24, 2.45) is 16.2 Å². The van der Waals surface area contributed by atoms with E-state index in [1.807, 2.05) is 31.2 Å². The molecule has 0 aromatic heterocycles. The van der Waals surface area contributed by atoms with E-state index in [2.05, 4.69) is 41.5 Å². The van der Waals surface area contributed by atoms with Gasteiger partial charge in [-0.25, -0.2) is 0 Å². The number of methoxy groups -OCH3 is 1. The standard InChI is InChI=1S/C28H46O5/c1-26(2,3)21-28(7,27(4,5)6)25(30)33-20-12-10-9-11-19-32-23-16-13-22(14-17-23)15-18-24(29)31-8/h13-18,24,29H,9-12,19-21H2,1-8H3/b18-15+. The first-order valence-corrected chi connectivity index (χ1v) is 12.1. The number of benzene rings is 1. The Morgan fingerprint density at radius 1 is 0.939 bits per heavy atom. The molecule has 2 atom stereocenters. The maximum atomic E-state index is 12.9. The Morgan fingerprint density at radius 3 is 2.03 bits per heavy atom. The summed E-state index contributed by atoms with van der Waals surface area (Å²) in [6.07, 6.45) is 7.16. The summed E-state index contributed by atoms with van der Waals surface area (Å²) in [7, 11) is 1.45. The molecule has 0 spiro atoms. The molecule has 5 nitrogen and oxygen atoms in total. The van der Waals surface area contributed by atoms with E-state index in [0.717, 1.165) is 43.4 Å². The minimum absolute atomic E-state index is 0.0601. The highest BCUT2D eigenvalue weighted by Crippen LogP contribution is 2.47. The number of aliphatic hydroxyl groups is 1. The van der Waals surface area contributed by atoms with Gasteiger partial charge in [0.2, 0.25) is 0 Å². The van der Waals surface area contributed by atoms with Crippen LogP contribution in [0, 0.1) is 16.2 Å². The molecule has 0 aliphatic rings. The molecule has 0 bridgehead atoms. The molecule has 1 aromatic rings. The van der Waals surface area contributed by atoms with Crippen molar-refractivity contribution in [3.8, 4) is 5.75 Å². The highest BCUT2D eigenvalue weighted by atomic mass is 16.6. The lowest BCUT2D eigenvalue weighted by atomic mass is 9.61. The highest BCUT2D eigenvalue weighted by molar-refractivity contribution is 5.77. The van der Waals surface area contributed by atoms with Crippen LogP contribution < -0.4 is 4.74 Å². The van der Waals surface area contributed by atoms with Crippen molar-refractivity contribution in [2.45, 2.75) is 86.9 Å². The fourth-order valence-corrected chi connectivity index (χ4v) is 3.72. The van der Waals surface area contributed by atoms with Gasteiger partial charge in [-0.2, -0.15) is 0 Å². The van der Waals surface area contributed by atoms with Crippen LogP contribution in [0.2, 0.25) is 0 Å². The van der Waals surface area contributed by atoms with Gasteiger partial charge >= 0.3 is 5.97 Å². The molecular formula is C28H46O5. The van der Waals surface area contributed by atoms with Gasteiger partial charge in [0.25, 0.3) is 0 Å². The summed E-state index contributed by atoms with van der Waals surface area (Å²) in [5.41, 5.74) is 0.366. The van der Waals surface area contributed by atoms with Crippen molar-refractivity contribution in [3.05, 3.63) is 35.9 Å². The first-order chi connectivity index (χ1) is 15.3. The Morgan fingerprint density at radius 2 is 1.52 bits per heavy atom. The number of unbranched alkanes of at least 4 members (excludes halogenated alkanes) is 3. The molecule has 0 fully saturated rings. The summed E-state index contributed by atoms with van der Waals surface area (Å²) in [6.45, 7) is 16.1. The predicted molar refractivity (Wildman–Crippen MR) is 135 cm³/mol. The van der Waals surface area contributed by atoms with Crippen molar-refractivity contribution in [3.63, 3.8) is 0 Å². The summed E-state index contributed by atoms with van der Waals surface area (Å²) in [5, 5.41) is 9.37. The van der Waals surface area contributed by atoms with Crippen molar-refractivity contribution in [1.29, 1.82) is 0 Å². The van der Waals surface area contributed by atoms with Gasteiger partial charge in [-0.1, -0.05) is 59.8 Å². The maximum absolute atomic E-state index is 12.9. The maximum Gasteiger partial charge on any atom is 0.312 e. The molecule has 0 saturated carbocycles. The van der Waals surface area contributed by atoms with Gasteiger partial charge in [-0.3, -0.25) is 4.79 Å². The van der Waals surface area contributed by atoms with Crippen molar-refractivity contribution >= 4 is 12.0 Å². The van der Waals surface area contributed by atoms with Crippen LogP contribution in [0.15, 0.2) is 30.3 Å². The van der Waals surface area contributed by atoms with Gasteiger partial charge in [0.1, 0.15) is 5.75 Å². The topological polar surface area (TPSA) is 65.0 Å². The largest absolute Gasteiger partial charge is 0.494 e. The minimum Gasteiger partial charge on any atom is -0.494 e. The molecule has 0 aliphatic heterocycles. The average molecular weight is 463 g/mol. The fraction of sp³-hybridized carbons (Fsp3) is 0.679. The lowest BCUT2D eigenvalue weighted by molar-refractivity contribution is -0.164. The molecule has 1 aromatic carbocycles. The minimum atomic E-state index is -0.893. The van der Waals surface area contributed by atoms with Crippen LogP contribution in [-0.2, 0) is 14.3 Å². The van der Waals surface area contributed by atoms with Crippen LogP contribution in [0.3, 0.4) is 0 Å². The third kappa shape index (κ3) is 10.7. The van der Waals surface area contributed by atoms with Crippen LogP contribution in [0.1, 0.15) is 86.1 Å². The normalized spacial score (nSPS) is 15.3. The summed E-state index contributed by atoms with van der Waals surface area (Å²) in [6, 6.07) is 7.71. The summed E-state index contributed by atoms with van der Waals surface area (Å²) < 4.78 is 16.3. The number of esters is 1. The third-order valence-electron chi connectivity index (χ3n) is 6.11. The van der Waals surface area contributed by atoms with Gasteiger partial charge in [-0.05, 0) is 73.6 Å². The smallest absolute Gasteiger partial charge is 0.312 e. The molecule has 33 heavy (non-hydrogen) atoms. The molecule has 5 heteroatoms. The number of aliphatic hydroxyl groups excluding tert-OH is 1. The fourth-order valence-electron chi connectivity index (χ4n) is 3.72. The van der Waals surface area contributed by atoms with E-state index in [1.165, 1.54) is 7.11 Å². The lowest BCUT2D eigenvalue weighted by Gasteiger charge is -2.43.